The topological polar surface area (TPSA) is 113 Å². The van der Waals surface area contributed by atoms with Gasteiger partial charge in [-0.1, -0.05) is 11.6 Å². The van der Waals surface area contributed by atoms with Gasteiger partial charge in [0.2, 0.25) is 10.0 Å². The molecule has 0 radical (unpaired) electrons. The standard InChI is InChI=1S/C20H22ClN5O4S/c1-4-26-13(2)22-17-11-14(5-10-18(17)26)20(28)24-23-19(27)12-25(3)31(29,30)16-8-6-15(21)7-9-16/h5-11H,4,12H2,1-3H3,(H,23,27)(H,24,28). The number of rotatable bonds is 6. The van der Waals surface area contributed by atoms with E-state index in [1.165, 1.54) is 31.3 Å². The third-order valence-electron chi connectivity index (χ3n) is 4.72. The molecule has 31 heavy (non-hydrogen) atoms. The van der Waals surface area contributed by atoms with Gasteiger partial charge in [0.05, 0.1) is 22.5 Å². The van der Waals surface area contributed by atoms with Crippen molar-refractivity contribution in [1.82, 2.24) is 24.7 Å². The number of amides is 2. The number of imidazole rings is 1. The van der Waals surface area contributed by atoms with Crippen LogP contribution in [0.25, 0.3) is 11.0 Å². The summed E-state index contributed by atoms with van der Waals surface area (Å²) >= 11 is 5.78. The summed E-state index contributed by atoms with van der Waals surface area (Å²) in [5.74, 6) is -0.393. The lowest BCUT2D eigenvalue weighted by Crippen LogP contribution is -2.46. The number of aromatic nitrogens is 2. The highest BCUT2D eigenvalue weighted by atomic mass is 35.5. The van der Waals surface area contributed by atoms with E-state index in [2.05, 4.69) is 15.8 Å². The average Bonchev–Trinajstić information content (AvgIpc) is 3.06. The molecular formula is C20H22ClN5O4S. The van der Waals surface area contributed by atoms with Gasteiger partial charge >= 0.3 is 0 Å². The molecule has 164 valence electrons. The number of aryl methyl sites for hydroxylation is 2. The Morgan fingerprint density at radius 2 is 1.81 bits per heavy atom. The Labute approximate surface area is 185 Å². The lowest BCUT2D eigenvalue weighted by atomic mass is 10.2. The lowest BCUT2D eigenvalue weighted by Gasteiger charge is -2.17. The summed E-state index contributed by atoms with van der Waals surface area (Å²) in [6, 6.07) is 10.7. The van der Waals surface area contributed by atoms with Crippen LogP contribution in [0.15, 0.2) is 47.4 Å². The number of hydrogen-bond donors (Lipinski definition) is 2. The average molecular weight is 464 g/mol. The number of benzene rings is 2. The third-order valence-corrected chi connectivity index (χ3v) is 6.79. The van der Waals surface area contributed by atoms with E-state index in [4.69, 9.17) is 11.6 Å². The predicted octanol–water partition coefficient (Wildman–Crippen LogP) is 2.10. The minimum absolute atomic E-state index is 0.00588. The van der Waals surface area contributed by atoms with Gasteiger partial charge in [0.15, 0.2) is 0 Å². The van der Waals surface area contributed by atoms with Gasteiger partial charge in [-0.2, -0.15) is 4.31 Å². The van der Waals surface area contributed by atoms with Gasteiger partial charge in [-0.25, -0.2) is 13.4 Å². The van der Waals surface area contributed by atoms with Crippen molar-refractivity contribution in [2.45, 2.75) is 25.3 Å². The van der Waals surface area contributed by atoms with Gasteiger partial charge in [-0.15, -0.1) is 0 Å². The van der Waals surface area contributed by atoms with Crippen LogP contribution >= 0.6 is 11.6 Å². The summed E-state index contributed by atoms with van der Waals surface area (Å²) in [7, 11) is -2.61. The highest BCUT2D eigenvalue weighted by Gasteiger charge is 2.23. The molecular weight excluding hydrogens is 442 g/mol. The summed E-state index contributed by atoms with van der Waals surface area (Å²) in [6.45, 7) is 4.17. The Kier molecular flexibility index (Phi) is 6.63. The van der Waals surface area contributed by atoms with Crippen LogP contribution in [0.2, 0.25) is 5.02 Å². The van der Waals surface area contributed by atoms with Crippen molar-refractivity contribution in [3.8, 4) is 0 Å². The molecule has 0 bridgehead atoms. The Morgan fingerprint density at radius 1 is 1.13 bits per heavy atom. The Morgan fingerprint density at radius 3 is 2.45 bits per heavy atom. The molecule has 9 nitrogen and oxygen atoms in total. The highest BCUT2D eigenvalue weighted by Crippen LogP contribution is 2.18. The van der Waals surface area contributed by atoms with Crippen molar-refractivity contribution in [2.75, 3.05) is 13.6 Å². The number of carbonyl (C=O) groups is 2. The van der Waals surface area contributed by atoms with Crippen molar-refractivity contribution in [2.24, 2.45) is 0 Å². The maximum atomic E-state index is 12.5. The minimum atomic E-state index is -3.88. The quantitative estimate of drug-likeness (QED) is 0.543. The van der Waals surface area contributed by atoms with E-state index < -0.39 is 28.4 Å². The zero-order valence-corrected chi connectivity index (χ0v) is 18.8. The number of hydrazine groups is 1. The first-order valence-corrected chi connectivity index (χ1v) is 11.2. The van der Waals surface area contributed by atoms with Crippen LogP contribution in [0, 0.1) is 6.92 Å². The molecule has 1 heterocycles. The normalized spacial score (nSPS) is 11.6. The number of carbonyl (C=O) groups excluding carboxylic acids is 2. The Bertz CT molecular complexity index is 1240. The first kappa shape index (κ1) is 22.7. The Balaban J connectivity index is 1.62. The van der Waals surface area contributed by atoms with Crippen molar-refractivity contribution < 1.29 is 18.0 Å². The van der Waals surface area contributed by atoms with Crippen molar-refractivity contribution in [1.29, 1.82) is 0 Å². The Hall–Kier alpha value is -2.95. The summed E-state index contributed by atoms with van der Waals surface area (Å²) in [5, 5.41) is 0.400. The second-order valence-electron chi connectivity index (χ2n) is 6.82. The molecule has 0 saturated heterocycles. The molecule has 0 aliphatic heterocycles. The van der Waals surface area contributed by atoms with Crippen LogP contribution in [-0.2, 0) is 21.4 Å². The van der Waals surface area contributed by atoms with E-state index in [1.54, 1.807) is 18.2 Å². The number of nitrogens with one attached hydrogen (secondary N) is 2. The number of nitrogens with zero attached hydrogens (tertiary/aromatic N) is 3. The van der Waals surface area contributed by atoms with E-state index in [9.17, 15) is 18.0 Å². The first-order valence-electron chi connectivity index (χ1n) is 9.41. The molecule has 2 aromatic carbocycles. The maximum Gasteiger partial charge on any atom is 0.269 e. The molecule has 11 heteroatoms. The minimum Gasteiger partial charge on any atom is -0.329 e. The van der Waals surface area contributed by atoms with Gasteiger partial charge in [-0.05, 0) is 56.3 Å². The number of likely N-dealkylation sites (N-methyl/N-ethyl adjacent to an activating group) is 1. The van der Waals surface area contributed by atoms with Crippen molar-refractivity contribution in [3.63, 3.8) is 0 Å². The number of hydrogen-bond acceptors (Lipinski definition) is 5. The second-order valence-corrected chi connectivity index (χ2v) is 9.31. The van der Waals surface area contributed by atoms with E-state index in [0.717, 1.165) is 22.2 Å². The van der Waals surface area contributed by atoms with E-state index >= 15 is 0 Å². The van der Waals surface area contributed by atoms with Crippen LogP contribution in [0.1, 0.15) is 23.1 Å². The molecule has 1 aromatic heterocycles. The molecule has 0 aliphatic rings. The molecule has 0 aliphatic carbocycles. The summed E-state index contributed by atoms with van der Waals surface area (Å²) in [5.41, 5.74) is 6.42. The molecule has 2 N–H and O–H groups in total. The van der Waals surface area contributed by atoms with Crippen molar-refractivity contribution >= 4 is 44.5 Å². The first-order chi connectivity index (χ1) is 14.6. The molecule has 3 aromatic rings. The zero-order chi connectivity index (χ0) is 22.8. The zero-order valence-electron chi connectivity index (χ0n) is 17.2. The van der Waals surface area contributed by atoms with Crippen LogP contribution in [0.5, 0.6) is 0 Å². The van der Waals surface area contributed by atoms with Crippen molar-refractivity contribution in [3.05, 3.63) is 58.9 Å². The molecule has 0 atom stereocenters. The summed E-state index contributed by atoms with van der Waals surface area (Å²) in [6.07, 6.45) is 0. The number of sulfonamides is 1. The molecule has 3 rings (SSSR count). The van der Waals surface area contributed by atoms with Crippen LogP contribution in [-0.4, -0.2) is 47.7 Å². The molecule has 0 saturated carbocycles. The largest absolute Gasteiger partial charge is 0.329 e. The maximum absolute atomic E-state index is 12.5. The van der Waals surface area contributed by atoms with Crippen LogP contribution in [0.4, 0.5) is 0 Å². The SMILES string of the molecule is CCn1c(C)nc2cc(C(=O)NNC(=O)CN(C)S(=O)(=O)c3ccc(Cl)cc3)ccc21. The van der Waals surface area contributed by atoms with Gasteiger partial charge in [0.25, 0.3) is 11.8 Å². The van der Waals surface area contributed by atoms with E-state index in [0.29, 0.717) is 16.1 Å². The monoisotopic (exact) mass is 463 g/mol. The van der Waals surface area contributed by atoms with Crippen LogP contribution in [0.3, 0.4) is 0 Å². The van der Waals surface area contributed by atoms with Gasteiger partial charge in [0, 0.05) is 24.2 Å². The highest BCUT2D eigenvalue weighted by molar-refractivity contribution is 7.89. The second kappa shape index (κ2) is 9.04. The third kappa shape index (κ3) is 4.87. The smallest absolute Gasteiger partial charge is 0.269 e. The molecule has 2 amide bonds. The van der Waals surface area contributed by atoms with Gasteiger partial charge < -0.3 is 4.57 Å². The molecule has 0 spiro atoms. The number of halogens is 1. The van der Waals surface area contributed by atoms with E-state index in [1.807, 2.05) is 18.4 Å². The fourth-order valence-electron chi connectivity index (χ4n) is 3.10. The molecule has 0 unspecified atom stereocenters. The summed E-state index contributed by atoms with van der Waals surface area (Å²) < 4.78 is 28.0. The number of fused-ring (bicyclic) bond motifs is 1. The van der Waals surface area contributed by atoms with Gasteiger partial charge in [-0.3, -0.25) is 20.4 Å². The molecule has 0 fully saturated rings. The lowest BCUT2D eigenvalue weighted by molar-refractivity contribution is -0.121. The van der Waals surface area contributed by atoms with E-state index in [-0.39, 0.29) is 4.90 Å². The fourth-order valence-corrected chi connectivity index (χ4v) is 4.36. The van der Waals surface area contributed by atoms with Crippen LogP contribution < -0.4 is 10.9 Å². The predicted molar refractivity (Wildman–Crippen MR) is 117 cm³/mol. The van der Waals surface area contributed by atoms with Gasteiger partial charge in [0.1, 0.15) is 5.82 Å². The summed E-state index contributed by atoms with van der Waals surface area (Å²) in [4.78, 5) is 29.0. The fraction of sp³-hybridized carbons (Fsp3) is 0.250.